The topological polar surface area (TPSA) is 51.6 Å². The number of benzene rings is 1. The molecule has 112 valence electrons. The van der Waals surface area contributed by atoms with Gasteiger partial charge in [-0.15, -0.1) is 0 Å². The van der Waals surface area contributed by atoms with Crippen molar-refractivity contribution in [3.63, 3.8) is 0 Å². The lowest BCUT2D eigenvalue weighted by Crippen LogP contribution is -2.51. The summed E-state index contributed by atoms with van der Waals surface area (Å²) in [6.07, 6.45) is 4.03. The number of morpholine rings is 1. The Hall–Kier alpha value is -1.36. The second kappa shape index (κ2) is 5.44. The number of fused-ring (bicyclic) bond motifs is 2. The number of hydrogen-bond acceptors (Lipinski definition) is 4. The summed E-state index contributed by atoms with van der Waals surface area (Å²) >= 11 is 0. The molecule has 1 aromatic carbocycles. The van der Waals surface area contributed by atoms with Gasteiger partial charge in [-0.3, -0.25) is 4.90 Å². The van der Waals surface area contributed by atoms with Gasteiger partial charge in [0.25, 0.3) is 0 Å². The Morgan fingerprint density at radius 2 is 2.19 bits per heavy atom. The van der Waals surface area contributed by atoms with E-state index in [1.54, 1.807) is 0 Å². The lowest BCUT2D eigenvalue weighted by Gasteiger charge is -2.41. The van der Waals surface area contributed by atoms with Crippen molar-refractivity contribution in [3.05, 3.63) is 36.1 Å². The molecule has 4 heteroatoms. The summed E-state index contributed by atoms with van der Waals surface area (Å²) in [5, 5.41) is 1.15. The minimum Gasteiger partial charge on any atom is -0.459 e. The first-order valence-corrected chi connectivity index (χ1v) is 7.92. The second-order valence-electron chi connectivity index (χ2n) is 6.08. The summed E-state index contributed by atoms with van der Waals surface area (Å²) in [6.45, 7) is 2.33. The molecule has 2 aliphatic rings. The maximum absolute atomic E-state index is 6.10. The van der Waals surface area contributed by atoms with Crippen molar-refractivity contribution in [1.82, 2.24) is 4.90 Å². The van der Waals surface area contributed by atoms with E-state index in [-0.39, 0.29) is 6.04 Å². The van der Waals surface area contributed by atoms with Crippen LogP contribution < -0.4 is 5.73 Å². The first-order chi connectivity index (χ1) is 10.4. The summed E-state index contributed by atoms with van der Waals surface area (Å²) in [4.78, 5) is 2.51. The summed E-state index contributed by atoms with van der Waals surface area (Å²) in [7, 11) is 0. The van der Waals surface area contributed by atoms with E-state index in [9.17, 15) is 0 Å². The molecule has 21 heavy (non-hydrogen) atoms. The van der Waals surface area contributed by atoms with E-state index in [1.165, 1.54) is 19.3 Å². The molecular formula is C17H22N2O2. The van der Waals surface area contributed by atoms with Crippen molar-refractivity contribution in [3.8, 4) is 0 Å². The fourth-order valence-corrected chi connectivity index (χ4v) is 3.92. The fraction of sp³-hybridized carbons (Fsp3) is 0.529. The Bertz CT molecular complexity index is 591. The molecule has 0 amide bonds. The van der Waals surface area contributed by atoms with Gasteiger partial charge in [-0.1, -0.05) is 18.2 Å². The van der Waals surface area contributed by atoms with Crippen LogP contribution in [0.4, 0.5) is 0 Å². The largest absolute Gasteiger partial charge is 0.459 e. The van der Waals surface area contributed by atoms with E-state index in [4.69, 9.17) is 14.9 Å². The number of hydrogen-bond donors (Lipinski definition) is 1. The smallest absolute Gasteiger partial charge is 0.134 e. The molecule has 3 atom stereocenters. The first kappa shape index (κ1) is 13.3. The zero-order valence-electron chi connectivity index (χ0n) is 12.2. The number of para-hydroxylation sites is 1. The van der Waals surface area contributed by atoms with E-state index < -0.39 is 0 Å². The molecule has 1 saturated heterocycles. The van der Waals surface area contributed by atoms with Crippen LogP contribution in [-0.4, -0.2) is 36.7 Å². The standard InChI is InChI=1S/C17H22N2O2/c18-11-14(17-10-12-4-1-2-6-15(12)21-17)19-8-9-20-16-7-3-5-13(16)19/h1-2,4,6,10,13-14,16H,3,5,7-9,11,18H2. The van der Waals surface area contributed by atoms with Gasteiger partial charge in [0, 0.05) is 24.5 Å². The molecule has 0 radical (unpaired) electrons. The Morgan fingerprint density at radius 1 is 1.29 bits per heavy atom. The van der Waals surface area contributed by atoms with E-state index in [0.717, 1.165) is 29.9 Å². The molecule has 4 rings (SSSR count). The van der Waals surface area contributed by atoms with Gasteiger partial charge in [-0.2, -0.15) is 0 Å². The van der Waals surface area contributed by atoms with E-state index in [2.05, 4.69) is 17.0 Å². The van der Waals surface area contributed by atoms with E-state index >= 15 is 0 Å². The van der Waals surface area contributed by atoms with Gasteiger partial charge in [-0.05, 0) is 31.4 Å². The van der Waals surface area contributed by atoms with Crippen LogP contribution in [-0.2, 0) is 4.74 Å². The van der Waals surface area contributed by atoms with Crippen LogP contribution in [0.2, 0.25) is 0 Å². The molecule has 1 saturated carbocycles. The van der Waals surface area contributed by atoms with Gasteiger partial charge in [0.15, 0.2) is 0 Å². The Labute approximate surface area is 124 Å². The molecule has 2 heterocycles. The third-order valence-corrected chi connectivity index (χ3v) is 4.92. The zero-order chi connectivity index (χ0) is 14.2. The summed E-state index contributed by atoms with van der Waals surface area (Å²) in [5.74, 6) is 0.992. The third-order valence-electron chi connectivity index (χ3n) is 4.92. The van der Waals surface area contributed by atoms with Crippen molar-refractivity contribution in [2.24, 2.45) is 5.73 Å². The average molecular weight is 286 g/mol. The molecule has 2 aromatic rings. The Balaban J connectivity index is 1.66. The quantitative estimate of drug-likeness (QED) is 0.942. The fourth-order valence-electron chi connectivity index (χ4n) is 3.92. The molecule has 1 aliphatic carbocycles. The highest BCUT2D eigenvalue weighted by molar-refractivity contribution is 5.77. The highest BCUT2D eigenvalue weighted by Crippen LogP contribution is 2.36. The lowest BCUT2D eigenvalue weighted by atomic mass is 10.1. The normalized spacial score (nSPS) is 27.9. The molecule has 1 aromatic heterocycles. The monoisotopic (exact) mass is 286 g/mol. The van der Waals surface area contributed by atoms with E-state index in [0.29, 0.717) is 18.7 Å². The average Bonchev–Trinajstić information content (AvgIpc) is 3.14. The van der Waals surface area contributed by atoms with Crippen LogP contribution in [0.1, 0.15) is 31.1 Å². The Kier molecular flexibility index (Phi) is 3.45. The van der Waals surface area contributed by atoms with Crippen molar-refractivity contribution in [2.45, 2.75) is 37.5 Å². The Morgan fingerprint density at radius 3 is 3.05 bits per heavy atom. The second-order valence-corrected chi connectivity index (χ2v) is 6.08. The first-order valence-electron chi connectivity index (χ1n) is 7.92. The van der Waals surface area contributed by atoms with Gasteiger partial charge in [-0.25, -0.2) is 0 Å². The molecule has 2 fully saturated rings. The SMILES string of the molecule is NCC(c1cc2ccccc2o1)N1CCOC2CCCC21. The molecule has 3 unspecified atom stereocenters. The van der Waals surface area contributed by atoms with Crippen molar-refractivity contribution in [2.75, 3.05) is 19.7 Å². The highest BCUT2D eigenvalue weighted by Gasteiger charge is 2.40. The van der Waals surface area contributed by atoms with Gasteiger partial charge < -0.3 is 14.9 Å². The molecule has 0 bridgehead atoms. The van der Waals surface area contributed by atoms with Crippen molar-refractivity contribution in [1.29, 1.82) is 0 Å². The van der Waals surface area contributed by atoms with Crippen LogP contribution in [0.3, 0.4) is 0 Å². The predicted molar refractivity (Wildman–Crippen MR) is 82.1 cm³/mol. The lowest BCUT2D eigenvalue weighted by molar-refractivity contribution is -0.0736. The minimum atomic E-state index is 0.159. The number of rotatable bonds is 3. The van der Waals surface area contributed by atoms with Crippen molar-refractivity contribution >= 4 is 11.0 Å². The van der Waals surface area contributed by atoms with Gasteiger partial charge in [0.05, 0.1) is 18.8 Å². The van der Waals surface area contributed by atoms with Crippen LogP contribution in [0.5, 0.6) is 0 Å². The van der Waals surface area contributed by atoms with Gasteiger partial charge in [0.2, 0.25) is 0 Å². The maximum atomic E-state index is 6.10. The third kappa shape index (κ3) is 2.27. The summed E-state index contributed by atoms with van der Waals surface area (Å²) < 4.78 is 12.0. The number of furan rings is 1. The molecular weight excluding hydrogens is 264 g/mol. The summed E-state index contributed by atoms with van der Waals surface area (Å²) in [5.41, 5.74) is 7.04. The maximum Gasteiger partial charge on any atom is 0.134 e. The minimum absolute atomic E-state index is 0.159. The molecule has 4 nitrogen and oxygen atoms in total. The predicted octanol–water partition coefficient (Wildman–Crippen LogP) is 2.69. The number of nitrogens with zero attached hydrogens (tertiary/aromatic N) is 1. The van der Waals surface area contributed by atoms with Gasteiger partial charge >= 0.3 is 0 Å². The van der Waals surface area contributed by atoms with Crippen molar-refractivity contribution < 1.29 is 9.15 Å². The van der Waals surface area contributed by atoms with Crippen LogP contribution in [0.25, 0.3) is 11.0 Å². The number of nitrogens with two attached hydrogens (primary N) is 1. The highest BCUT2D eigenvalue weighted by atomic mass is 16.5. The van der Waals surface area contributed by atoms with Crippen LogP contribution in [0, 0.1) is 0 Å². The molecule has 2 N–H and O–H groups in total. The van der Waals surface area contributed by atoms with Gasteiger partial charge in [0.1, 0.15) is 11.3 Å². The van der Waals surface area contributed by atoms with Crippen LogP contribution >= 0.6 is 0 Å². The molecule has 1 aliphatic heterocycles. The number of ether oxygens (including phenoxy) is 1. The zero-order valence-corrected chi connectivity index (χ0v) is 12.2. The van der Waals surface area contributed by atoms with E-state index in [1.807, 2.05) is 18.2 Å². The summed E-state index contributed by atoms with van der Waals surface area (Å²) in [6, 6.07) is 11.0. The molecule has 0 spiro atoms. The van der Waals surface area contributed by atoms with Crippen LogP contribution in [0.15, 0.2) is 34.7 Å².